The maximum absolute atomic E-state index is 13.0. The third-order valence-corrected chi connectivity index (χ3v) is 3.53. The molecule has 1 N–H and O–H groups in total. The number of hydrogen-bond acceptors (Lipinski definition) is 4. The third kappa shape index (κ3) is 4.01. The predicted molar refractivity (Wildman–Crippen MR) is 85.7 cm³/mol. The van der Waals surface area contributed by atoms with Gasteiger partial charge in [-0.3, -0.25) is 4.79 Å². The van der Waals surface area contributed by atoms with Gasteiger partial charge in [-0.25, -0.2) is 4.39 Å². The minimum absolute atomic E-state index is 0.0764. The Balaban J connectivity index is 1.56. The van der Waals surface area contributed by atoms with E-state index in [-0.39, 0.29) is 18.3 Å². The van der Waals surface area contributed by atoms with Gasteiger partial charge in [0.25, 0.3) is 0 Å². The van der Waals surface area contributed by atoms with E-state index < -0.39 is 0 Å². The van der Waals surface area contributed by atoms with Crippen LogP contribution in [0.5, 0.6) is 0 Å². The van der Waals surface area contributed by atoms with E-state index >= 15 is 0 Å². The second-order valence-electron chi connectivity index (χ2n) is 5.25. The van der Waals surface area contributed by atoms with Crippen molar-refractivity contribution < 1.29 is 9.18 Å². The molecule has 0 atom stereocenters. The Morgan fingerprint density at radius 3 is 2.58 bits per heavy atom. The molecule has 0 saturated carbocycles. The van der Waals surface area contributed by atoms with Crippen LogP contribution in [0, 0.1) is 5.82 Å². The Morgan fingerprint density at radius 1 is 1.08 bits per heavy atom. The smallest absolute Gasteiger partial charge is 0.220 e. The van der Waals surface area contributed by atoms with Crippen LogP contribution in [0.15, 0.2) is 54.6 Å². The van der Waals surface area contributed by atoms with Crippen LogP contribution >= 0.6 is 0 Å². The van der Waals surface area contributed by atoms with Crippen molar-refractivity contribution in [3.63, 3.8) is 0 Å². The molecule has 0 bridgehead atoms. The first kappa shape index (κ1) is 15.8. The van der Waals surface area contributed by atoms with Gasteiger partial charge in [-0.15, -0.1) is 5.10 Å². The molecule has 3 aromatic rings. The molecule has 0 aliphatic heterocycles. The Kier molecular flexibility index (Phi) is 4.90. The molecule has 0 saturated heterocycles. The van der Waals surface area contributed by atoms with Gasteiger partial charge in [-0.2, -0.15) is 4.68 Å². The maximum Gasteiger partial charge on any atom is 0.220 e. The first-order valence-corrected chi connectivity index (χ1v) is 7.56. The van der Waals surface area contributed by atoms with Crippen molar-refractivity contribution in [1.82, 2.24) is 25.5 Å². The Bertz CT molecular complexity index is 801. The molecule has 0 aliphatic rings. The van der Waals surface area contributed by atoms with E-state index in [0.29, 0.717) is 24.4 Å². The summed E-state index contributed by atoms with van der Waals surface area (Å²) >= 11 is 0. The number of carbonyl (C=O) groups excluding carboxylic acids is 1. The van der Waals surface area contributed by atoms with Gasteiger partial charge in [0.15, 0.2) is 5.82 Å². The molecule has 0 spiro atoms. The first-order valence-electron chi connectivity index (χ1n) is 7.56. The zero-order chi connectivity index (χ0) is 16.8. The molecule has 1 amide bonds. The van der Waals surface area contributed by atoms with Crippen LogP contribution in [-0.2, 0) is 17.8 Å². The van der Waals surface area contributed by atoms with Crippen molar-refractivity contribution >= 4 is 5.91 Å². The Hall–Kier alpha value is -3.09. The number of hydrogen-bond donors (Lipinski definition) is 1. The molecule has 7 heteroatoms. The molecule has 1 aromatic heterocycles. The molecule has 0 unspecified atom stereocenters. The summed E-state index contributed by atoms with van der Waals surface area (Å²) in [5.41, 5.74) is 1.75. The summed E-state index contributed by atoms with van der Waals surface area (Å²) in [5.74, 6) is 0.0739. The van der Waals surface area contributed by atoms with Crippen LogP contribution in [0.25, 0.3) is 5.69 Å². The van der Waals surface area contributed by atoms with Gasteiger partial charge in [-0.05, 0) is 46.7 Å². The van der Waals surface area contributed by atoms with E-state index in [2.05, 4.69) is 20.8 Å². The quantitative estimate of drug-likeness (QED) is 0.753. The van der Waals surface area contributed by atoms with Gasteiger partial charge >= 0.3 is 0 Å². The van der Waals surface area contributed by atoms with Crippen LogP contribution in [0.4, 0.5) is 4.39 Å². The van der Waals surface area contributed by atoms with Crippen LogP contribution in [0.3, 0.4) is 0 Å². The number of benzene rings is 2. The summed E-state index contributed by atoms with van der Waals surface area (Å²) in [6.07, 6.45) is 1.07. The summed E-state index contributed by atoms with van der Waals surface area (Å²) in [6, 6.07) is 15.6. The number of rotatable bonds is 6. The highest BCUT2D eigenvalue weighted by molar-refractivity contribution is 5.76. The highest BCUT2D eigenvalue weighted by Gasteiger charge is 2.10. The monoisotopic (exact) mass is 325 g/mol. The van der Waals surface area contributed by atoms with Crippen LogP contribution in [0.1, 0.15) is 17.8 Å². The molecule has 3 rings (SSSR count). The molecule has 1 heterocycles. The fourth-order valence-corrected chi connectivity index (χ4v) is 2.27. The number of amides is 1. The molecule has 24 heavy (non-hydrogen) atoms. The molecular formula is C17H16FN5O. The minimum Gasteiger partial charge on any atom is -0.349 e. The number of carbonyl (C=O) groups is 1. The number of aryl methyl sites for hydroxylation is 1. The fourth-order valence-electron chi connectivity index (χ4n) is 2.27. The topological polar surface area (TPSA) is 72.7 Å². The van der Waals surface area contributed by atoms with Crippen molar-refractivity contribution in [2.45, 2.75) is 19.4 Å². The van der Waals surface area contributed by atoms with E-state index in [1.165, 1.54) is 16.8 Å². The first-order chi connectivity index (χ1) is 11.7. The number of aromatic nitrogens is 4. The van der Waals surface area contributed by atoms with E-state index in [9.17, 15) is 9.18 Å². The van der Waals surface area contributed by atoms with E-state index in [1.54, 1.807) is 12.1 Å². The number of tetrazole rings is 1. The lowest BCUT2D eigenvalue weighted by atomic mass is 10.1. The van der Waals surface area contributed by atoms with E-state index in [1.807, 2.05) is 30.3 Å². The summed E-state index contributed by atoms with van der Waals surface area (Å²) in [4.78, 5) is 12.0. The largest absolute Gasteiger partial charge is 0.349 e. The van der Waals surface area contributed by atoms with Crippen molar-refractivity contribution in [3.05, 3.63) is 71.8 Å². The number of nitrogens with one attached hydrogen (secondary N) is 1. The normalized spacial score (nSPS) is 10.5. The molecule has 0 radical (unpaired) electrons. The fraction of sp³-hybridized carbons (Fsp3) is 0.176. The van der Waals surface area contributed by atoms with Gasteiger partial charge in [0.05, 0.1) is 12.2 Å². The lowest BCUT2D eigenvalue weighted by molar-refractivity contribution is -0.121. The molecule has 6 nitrogen and oxygen atoms in total. The Labute approximate surface area is 138 Å². The summed E-state index contributed by atoms with van der Waals surface area (Å²) < 4.78 is 14.5. The zero-order valence-electron chi connectivity index (χ0n) is 12.9. The minimum atomic E-state index is -0.331. The Morgan fingerprint density at radius 2 is 1.83 bits per heavy atom. The van der Waals surface area contributed by atoms with Gasteiger partial charge in [0.1, 0.15) is 5.82 Å². The average molecular weight is 325 g/mol. The summed E-state index contributed by atoms with van der Waals surface area (Å²) in [5, 5.41) is 14.2. The van der Waals surface area contributed by atoms with Crippen molar-refractivity contribution in [3.8, 4) is 5.69 Å². The standard InChI is InChI=1S/C17H16FN5O/c18-14-7-9-15(10-8-14)23-16(20-21-22-23)12-19-17(24)11-6-13-4-2-1-3-5-13/h1-5,7-10H,6,11-12H2,(H,19,24). The zero-order valence-corrected chi connectivity index (χ0v) is 12.9. The highest BCUT2D eigenvalue weighted by Crippen LogP contribution is 2.09. The lowest BCUT2D eigenvalue weighted by Gasteiger charge is -2.06. The highest BCUT2D eigenvalue weighted by atomic mass is 19.1. The maximum atomic E-state index is 13.0. The van der Waals surface area contributed by atoms with E-state index in [4.69, 9.17) is 0 Å². The van der Waals surface area contributed by atoms with Gasteiger partial charge < -0.3 is 5.32 Å². The van der Waals surface area contributed by atoms with Gasteiger partial charge in [-0.1, -0.05) is 30.3 Å². The number of nitrogens with zero attached hydrogens (tertiary/aromatic N) is 4. The van der Waals surface area contributed by atoms with Crippen LogP contribution in [0.2, 0.25) is 0 Å². The molecule has 0 aliphatic carbocycles. The molecule has 0 fully saturated rings. The SMILES string of the molecule is O=C(CCc1ccccc1)NCc1nnnn1-c1ccc(F)cc1. The van der Waals surface area contributed by atoms with Gasteiger partial charge in [0.2, 0.25) is 5.91 Å². The predicted octanol–water partition coefficient (Wildman–Crippen LogP) is 2.05. The van der Waals surface area contributed by atoms with Crippen LogP contribution < -0.4 is 5.32 Å². The van der Waals surface area contributed by atoms with Crippen molar-refractivity contribution in [2.24, 2.45) is 0 Å². The summed E-state index contributed by atoms with van der Waals surface area (Å²) in [7, 11) is 0. The van der Waals surface area contributed by atoms with E-state index in [0.717, 1.165) is 5.56 Å². The lowest BCUT2D eigenvalue weighted by Crippen LogP contribution is -2.25. The van der Waals surface area contributed by atoms with Gasteiger partial charge in [0, 0.05) is 6.42 Å². The van der Waals surface area contributed by atoms with Crippen molar-refractivity contribution in [1.29, 1.82) is 0 Å². The molecule has 122 valence electrons. The molecule has 2 aromatic carbocycles. The number of halogens is 1. The van der Waals surface area contributed by atoms with Crippen molar-refractivity contribution in [2.75, 3.05) is 0 Å². The third-order valence-electron chi connectivity index (χ3n) is 3.53. The average Bonchev–Trinajstić information content (AvgIpc) is 3.08. The summed E-state index contributed by atoms with van der Waals surface area (Å²) in [6.45, 7) is 0.206. The second-order valence-corrected chi connectivity index (χ2v) is 5.25. The van der Waals surface area contributed by atoms with Crippen LogP contribution in [-0.4, -0.2) is 26.1 Å². The second kappa shape index (κ2) is 7.45. The molecular weight excluding hydrogens is 309 g/mol.